The van der Waals surface area contributed by atoms with Crippen molar-refractivity contribution in [1.82, 2.24) is 9.97 Å². The Morgan fingerprint density at radius 2 is 1.68 bits per heavy atom. The van der Waals surface area contributed by atoms with Crippen molar-refractivity contribution in [3.8, 4) is 17.0 Å². The van der Waals surface area contributed by atoms with Crippen LogP contribution in [0.2, 0.25) is 0 Å². The number of nitrogens with zero attached hydrogens (tertiary/aromatic N) is 3. The summed E-state index contributed by atoms with van der Waals surface area (Å²) >= 11 is 0. The van der Waals surface area contributed by atoms with E-state index in [0.29, 0.717) is 11.1 Å². The van der Waals surface area contributed by atoms with E-state index in [4.69, 9.17) is 8.92 Å². The second-order valence-electron chi connectivity index (χ2n) is 8.25. The van der Waals surface area contributed by atoms with Crippen molar-refractivity contribution in [2.45, 2.75) is 23.8 Å². The van der Waals surface area contributed by atoms with Gasteiger partial charge in [-0.25, -0.2) is 4.98 Å². The van der Waals surface area contributed by atoms with Crippen LogP contribution in [-0.2, 0) is 31.9 Å². The summed E-state index contributed by atoms with van der Waals surface area (Å²) in [4.78, 5) is 31.8. The zero-order valence-corrected chi connectivity index (χ0v) is 21.1. The zero-order valence-electron chi connectivity index (χ0n) is 20.3. The molecule has 1 atom stereocenters. The minimum absolute atomic E-state index is 0.00826. The van der Waals surface area contributed by atoms with Gasteiger partial charge in [-0.2, -0.15) is 8.42 Å². The van der Waals surface area contributed by atoms with Gasteiger partial charge in [-0.05, 0) is 41.5 Å². The SMILES string of the molecule is COc1ncc(-c2ccncc2)cc1CC(=O)[C@@H](Cc1ccccc1)OS(=O)(=O)c1ccc([N+](=O)[O-])cc1. The number of methoxy groups -OCH3 is 1. The molecule has 0 aliphatic rings. The molecule has 2 aromatic heterocycles. The Bertz CT molecular complexity index is 1530. The van der Waals surface area contributed by atoms with Gasteiger partial charge in [0.2, 0.25) is 5.88 Å². The Morgan fingerprint density at radius 1 is 1.00 bits per heavy atom. The highest BCUT2D eigenvalue weighted by Crippen LogP contribution is 2.26. The summed E-state index contributed by atoms with van der Waals surface area (Å²) in [5.41, 5.74) is 2.45. The highest BCUT2D eigenvalue weighted by atomic mass is 32.2. The first-order valence-corrected chi connectivity index (χ1v) is 12.9. The molecule has 0 spiro atoms. The quantitative estimate of drug-likeness (QED) is 0.158. The third-order valence-corrected chi connectivity index (χ3v) is 7.03. The molecule has 0 aliphatic carbocycles. The van der Waals surface area contributed by atoms with Crippen molar-refractivity contribution in [1.29, 1.82) is 0 Å². The first kappa shape index (κ1) is 26.6. The van der Waals surface area contributed by atoms with Crippen molar-refractivity contribution in [3.05, 3.63) is 113 Å². The van der Waals surface area contributed by atoms with Gasteiger partial charge < -0.3 is 4.74 Å². The first-order chi connectivity index (χ1) is 18.3. The van der Waals surface area contributed by atoms with E-state index in [-0.39, 0.29) is 29.3 Å². The minimum atomic E-state index is -4.42. The van der Waals surface area contributed by atoms with Crippen LogP contribution in [0.15, 0.2) is 96.3 Å². The molecular weight excluding hydrogens is 510 g/mol. The van der Waals surface area contributed by atoms with Gasteiger partial charge in [-0.15, -0.1) is 0 Å². The number of hydrogen-bond acceptors (Lipinski definition) is 9. The van der Waals surface area contributed by atoms with E-state index in [0.717, 1.165) is 35.4 Å². The monoisotopic (exact) mass is 533 g/mol. The minimum Gasteiger partial charge on any atom is -0.481 e. The lowest BCUT2D eigenvalue weighted by Crippen LogP contribution is -2.31. The van der Waals surface area contributed by atoms with Crippen LogP contribution in [0.3, 0.4) is 0 Å². The van der Waals surface area contributed by atoms with Gasteiger partial charge in [-0.1, -0.05) is 30.3 Å². The summed E-state index contributed by atoms with van der Waals surface area (Å²) < 4.78 is 36.9. The van der Waals surface area contributed by atoms with Crippen molar-refractivity contribution in [2.75, 3.05) is 7.11 Å². The maximum absolute atomic E-state index is 13.5. The number of ether oxygens (including phenoxy) is 1. The predicted molar refractivity (Wildman–Crippen MR) is 138 cm³/mol. The standard InChI is InChI=1S/C27H23N3O7S/c1-36-27-21(16-22(18-29-27)20-11-13-28-14-12-20)17-25(31)26(15-19-5-3-2-4-6-19)37-38(34,35)24-9-7-23(8-10-24)30(32)33/h2-14,16,18,26H,15,17H2,1H3/t26-/m1/s1. The topological polar surface area (TPSA) is 139 Å². The first-order valence-electron chi connectivity index (χ1n) is 11.4. The van der Waals surface area contributed by atoms with Gasteiger partial charge in [-0.3, -0.25) is 24.1 Å². The van der Waals surface area contributed by atoms with E-state index >= 15 is 0 Å². The lowest BCUT2D eigenvalue weighted by Gasteiger charge is -2.18. The number of nitro benzene ring substituents is 1. The van der Waals surface area contributed by atoms with Crippen LogP contribution in [0.5, 0.6) is 5.88 Å². The molecule has 0 amide bonds. The second kappa shape index (κ2) is 11.7. The average molecular weight is 534 g/mol. The van der Waals surface area contributed by atoms with Gasteiger partial charge in [0.25, 0.3) is 15.8 Å². The summed E-state index contributed by atoms with van der Waals surface area (Å²) in [6, 6.07) is 18.5. The number of benzene rings is 2. The smallest absolute Gasteiger partial charge is 0.297 e. The number of ketones is 1. The van der Waals surface area contributed by atoms with Gasteiger partial charge in [0.15, 0.2) is 5.78 Å². The number of aromatic nitrogens is 2. The van der Waals surface area contributed by atoms with Crippen LogP contribution in [0.4, 0.5) is 5.69 Å². The molecule has 0 saturated heterocycles. The van der Waals surface area contributed by atoms with E-state index in [1.54, 1.807) is 67.1 Å². The number of nitro groups is 1. The molecule has 10 nitrogen and oxygen atoms in total. The Kier molecular flexibility index (Phi) is 8.19. The van der Waals surface area contributed by atoms with Crippen LogP contribution in [0.25, 0.3) is 11.1 Å². The molecule has 0 aliphatic heterocycles. The summed E-state index contributed by atoms with van der Waals surface area (Å²) in [6.07, 6.45) is 3.30. The van der Waals surface area contributed by atoms with Crippen LogP contribution in [0.1, 0.15) is 11.1 Å². The van der Waals surface area contributed by atoms with Gasteiger partial charge in [0.05, 0.1) is 16.9 Å². The fraction of sp³-hybridized carbons (Fsp3) is 0.148. The summed E-state index contributed by atoms with van der Waals surface area (Å²) in [7, 11) is -2.99. The molecule has 194 valence electrons. The van der Waals surface area contributed by atoms with E-state index in [9.17, 15) is 23.3 Å². The molecule has 0 radical (unpaired) electrons. The average Bonchev–Trinajstić information content (AvgIpc) is 2.93. The zero-order chi connectivity index (χ0) is 27.1. The fourth-order valence-corrected chi connectivity index (χ4v) is 4.85. The van der Waals surface area contributed by atoms with Gasteiger partial charge in [0, 0.05) is 54.7 Å². The summed E-state index contributed by atoms with van der Waals surface area (Å²) in [6.45, 7) is 0. The molecular formula is C27H23N3O7S. The van der Waals surface area contributed by atoms with Crippen LogP contribution >= 0.6 is 0 Å². The highest BCUT2D eigenvalue weighted by Gasteiger charge is 2.29. The van der Waals surface area contributed by atoms with Gasteiger partial charge in [0.1, 0.15) is 6.10 Å². The van der Waals surface area contributed by atoms with Crippen molar-refractivity contribution in [3.63, 3.8) is 0 Å². The van der Waals surface area contributed by atoms with Crippen molar-refractivity contribution in [2.24, 2.45) is 0 Å². The lowest BCUT2D eigenvalue weighted by atomic mass is 9.99. The molecule has 4 rings (SSSR count). The van der Waals surface area contributed by atoms with Crippen LogP contribution in [-0.4, -0.2) is 42.3 Å². The highest BCUT2D eigenvalue weighted by molar-refractivity contribution is 7.86. The maximum atomic E-state index is 13.5. The Morgan fingerprint density at radius 3 is 2.32 bits per heavy atom. The van der Waals surface area contributed by atoms with Crippen molar-refractivity contribution >= 4 is 21.6 Å². The van der Waals surface area contributed by atoms with Crippen molar-refractivity contribution < 1.29 is 27.1 Å². The molecule has 0 unspecified atom stereocenters. The number of carbonyl (C=O) groups excluding carboxylic acids is 1. The molecule has 11 heteroatoms. The maximum Gasteiger partial charge on any atom is 0.297 e. The Hall–Kier alpha value is -4.48. The van der Waals surface area contributed by atoms with E-state index in [1.165, 1.54) is 7.11 Å². The number of pyridine rings is 2. The number of carbonyl (C=O) groups is 1. The predicted octanol–water partition coefficient (Wildman–Crippen LogP) is 4.19. The number of hydrogen-bond donors (Lipinski definition) is 0. The molecule has 0 N–H and O–H groups in total. The number of rotatable bonds is 11. The normalized spacial score (nSPS) is 12.0. The largest absolute Gasteiger partial charge is 0.481 e. The van der Waals surface area contributed by atoms with Crippen LogP contribution < -0.4 is 4.74 Å². The van der Waals surface area contributed by atoms with E-state index in [1.807, 2.05) is 0 Å². The van der Waals surface area contributed by atoms with E-state index in [2.05, 4.69) is 9.97 Å². The Labute approximate surface area is 219 Å². The fourth-order valence-electron chi connectivity index (χ4n) is 3.78. The lowest BCUT2D eigenvalue weighted by molar-refractivity contribution is -0.384. The molecule has 2 aromatic carbocycles. The number of non-ortho nitro benzene ring substituents is 1. The van der Waals surface area contributed by atoms with Crippen LogP contribution in [0, 0.1) is 10.1 Å². The third-order valence-electron chi connectivity index (χ3n) is 5.70. The Balaban J connectivity index is 1.64. The van der Waals surface area contributed by atoms with Gasteiger partial charge >= 0.3 is 0 Å². The molecule has 4 aromatic rings. The molecule has 38 heavy (non-hydrogen) atoms. The second-order valence-corrected chi connectivity index (χ2v) is 9.82. The number of Topliss-reactive ketones (excluding diaryl/α,β-unsaturated/α-hetero) is 1. The molecule has 0 fully saturated rings. The summed E-state index contributed by atoms with van der Waals surface area (Å²) in [5, 5.41) is 10.9. The van der Waals surface area contributed by atoms with E-state index < -0.39 is 26.9 Å². The third kappa shape index (κ3) is 6.44. The molecule has 0 saturated carbocycles. The summed E-state index contributed by atoms with van der Waals surface area (Å²) in [5.74, 6) is -0.279. The molecule has 0 bridgehead atoms. The molecule has 2 heterocycles.